The lowest BCUT2D eigenvalue weighted by atomic mass is 9.73. The smallest absolute Gasteiger partial charge is 0.165 e. The highest BCUT2D eigenvalue weighted by Crippen LogP contribution is 2.39. The Labute approximate surface area is 116 Å². The Morgan fingerprint density at radius 3 is 2.53 bits per heavy atom. The van der Waals surface area contributed by atoms with E-state index < -0.39 is 5.60 Å². The van der Waals surface area contributed by atoms with Crippen molar-refractivity contribution in [3.8, 4) is 0 Å². The van der Waals surface area contributed by atoms with Crippen molar-refractivity contribution in [2.24, 2.45) is 0 Å². The first-order chi connectivity index (χ1) is 9.16. The van der Waals surface area contributed by atoms with Gasteiger partial charge in [-0.2, -0.15) is 0 Å². The number of rotatable bonds is 7. The van der Waals surface area contributed by atoms with Crippen LogP contribution in [0.15, 0.2) is 24.3 Å². The lowest BCUT2D eigenvalue weighted by Gasteiger charge is -2.35. The van der Waals surface area contributed by atoms with E-state index in [4.69, 9.17) is 4.74 Å². The van der Waals surface area contributed by atoms with E-state index in [0.29, 0.717) is 18.9 Å². The Hall–Kier alpha value is -1.15. The molecule has 1 unspecified atom stereocenters. The number of ether oxygens (including phenoxy) is 1. The van der Waals surface area contributed by atoms with E-state index in [-0.39, 0.29) is 5.78 Å². The third-order valence-electron chi connectivity index (χ3n) is 4.46. The Kier molecular flexibility index (Phi) is 4.41. The van der Waals surface area contributed by atoms with Crippen LogP contribution < -0.4 is 0 Å². The van der Waals surface area contributed by atoms with E-state index in [2.05, 4.69) is 24.3 Å². The summed E-state index contributed by atoms with van der Waals surface area (Å²) < 4.78 is 5.80. The van der Waals surface area contributed by atoms with Gasteiger partial charge in [0.25, 0.3) is 0 Å². The molecule has 0 amide bonds. The summed E-state index contributed by atoms with van der Waals surface area (Å²) in [5.74, 6) is 0.681. The summed E-state index contributed by atoms with van der Waals surface area (Å²) in [5.41, 5.74) is 2.20. The highest BCUT2D eigenvalue weighted by atomic mass is 16.5. The SMILES string of the molecule is CCOC(CC)(CC)C(=O)CC1Cc2ccccc21. The third kappa shape index (κ3) is 2.59. The molecular weight excluding hydrogens is 236 g/mol. The first kappa shape index (κ1) is 14.3. The van der Waals surface area contributed by atoms with Gasteiger partial charge < -0.3 is 4.74 Å². The van der Waals surface area contributed by atoms with Gasteiger partial charge in [-0.25, -0.2) is 0 Å². The predicted octanol–water partition coefficient (Wildman–Crippen LogP) is 3.88. The van der Waals surface area contributed by atoms with Crippen molar-refractivity contribution in [1.29, 1.82) is 0 Å². The van der Waals surface area contributed by atoms with Gasteiger partial charge in [0, 0.05) is 13.0 Å². The molecule has 2 rings (SSSR count). The number of hydrogen-bond acceptors (Lipinski definition) is 2. The molecule has 0 heterocycles. The minimum absolute atomic E-state index is 0.277. The monoisotopic (exact) mass is 260 g/mol. The number of Topliss-reactive ketones (excluding diaryl/α,β-unsaturated/α-hetero) is 1. The molecule has 1 aromatic carbocycles. The zero-order valence-corrected chi connectivity index (χ0v) is 12.2. The molecule has 0 fully saturated rings. The molecule has 1 atom stereocenters. The third-order valence-corrected chi connectivity index (χ3v) is 4.46. The number of benzene rings is 1. The molecular formula is C17H24O2. The van der Waals surface area contributed by atoms with E-state index in [1.54, 1.807) is 0 Å². The molecule has 1 aromatic rings. The van der Waals surface area contributed by atoms with Crippen LogP contribution in [0, 0.1) is 0 Å². The van der Waals surface area contributed by atoms with E-state index in [9.17, 15) is 4.79 Å². The minimum Gasteiger partial charge on any atom is -0.368 e. The Morgan fingerprint density at radius 2 is 1.95 bits per heavy atom. The zero-order chi connectivity index (χ0) is 13.9. The van der Waals surface area contributed by atoms with Gasteiger partial charge in [0.1, 0.15) is 5.60 Å². The molecule has 0 N–H and O–H groups in total. The van der Waals surface area contributed by atoms with Crippen LogP contribution in [-0.2, 0) is 16.0 Å². The van der Waals surface area contributed by atoms with Gasteiger partial charge in [-0.15, -0.1) is 0 Å². The fraction of sp³-hybridized carbons (Fsp3) is 0.588. The van der Waals surface area contributed by atoms with Gasteiger partial charge in [-0.05, 0) is 43.2 Å². The van der Waals surface area contributed by atoms with E-state index in [1.807, 2.05) is 20.8 Å². The highest BCUT2D eigenvalue weighted by Gasteiger charge is 2.38. The number of fused-ring (bicyclic) bond motifs is 1. The Morgan fingerprint density at radius 1 is 1.26 bits per heavy atom. The maximum Gasteiger partial charge on any atom is 0.165 e. The molecule has 0 aliphatic heterocycles. The lowest BCUT2D eigenvalue weighted by Crippen LogP contribution is -2.42. The van der Waals surface area contributed by atoms with Crippen LogP contribution in [0.3, 0.4) is 0 Å². The molecule has 0 aromatic heterocycles. The van der Waals surface area contributed by atoms with Crippen LogP contribution in [0.25, 0.3) is 0 Å². The second-order valence-electron chi connectivity index (χ2n) is 5.36. The van der Waals surface area contributed by atoms with Crippen molar-refractivity contribution in [1.82, 2.24) is 0 Å². The molecule has 0 radical (unpaired) electrons. The summed E-state index contributed by atoms with van der Waals surface area (Å²) in [6, 6.07) is 8.44. The second-order valence-corrected chi connectivity index (χ2v) is 5.36. The summed E-state index contributed by atoms with van der Waals surface area (Å²) in [6.45, 7) is 6.66. The summed E-state index contributed by atoms with van der Waals surface area (Å²) in [5, 5.41) is 0. The van der Waals surface area contributed by atoms with Gasteiger partial charge in [0.05, 0.1) is 0 Å². The van der Waals surface area contributed by atoms with E-state index >= 15 is 0 Å². The first-order valence-corrected chi connectivity index (χ1v) is 7.41. The van der Waals surface area contributed by atoms with Gasteiger partial charge in [0.2, 0.25) is 0 Å². The maximum absolute atomic E-state index is 12.6. The minimum atomic E-state index is -0.556. The van der Waals surface area contributed by atoms with Gasteiger partial charge in [-0.3, -0.25) is 4.79 Å². The van der Waals surface area contributed by atoms with Crippen molar-refractivity contribution < 1.29 is 9.53 Å². The molecule has 104 valence electrons. The molecule has 0 spiro atoms. The van der Waals surface area contributed by atoms with Crippen LogP contribution in [0.5, 0.6) is 0 Å². The maximum atomic E-state index is 12.6. The lowest BCUT2D eigenvalue weighted by molar-refractivity contribution is -0.146. The molecule has 19 heavy (non-hydrogen) atoms. The van der Waals surface area contributed by atoms with Crippen LogP contribution in [0.4, 0.5) is 0 Å². The number of carbonyl (C=O) groups is 1. The summed E-state index contributed by atoms with van der Waals surface area (Å²) in [7, 11) is 0. The standard InChI is InChI=1S/C17H24O2/c1-4-17(5-2,19-6-3)16(18)12-14-11-13-9-7-8-10-15(13)14/h7-10,14H,4-6,11-12H2,1-3H3. The van der Waals surface area contributed by atoms with Crippen LogP contribution in [-0.4, -0.2) is 18.0 Å². The second kappa shape index (κ2) is 5.87. The summed E-state index contributed by atoms with van der Waals surface area (Å²) >= 11 is 0. The van der Waals surface area contributed by atoms with Crippen molar-refractivity contribution in [3.05, 3.63) is 35.4 Å². The van der Waals surface area contributed by atoms with Crippen molar-refractivity contribution in [3.63, 3.8) is 0 Å². The quantitative estimate of drug-likeness (QED) is 0.743. The van der Waals surface area contributed by atoms with Crippen LogP contribution in [0.2, 0.25) is 0 Å². The topological polar surface area (TPSA) is 26.3 Å². The zero-order valence-electron chi connectivity index (χ0n) is 12.2. The summed E-state index contributed by atoms with van der Waals surface area (Å²) in [6.07, 6.45) is 3.20. The molecule has 0 bridgehead atoms. The van der Waals surface area contributed by atoms with Gasteiger partial charge in [-0.1, -0.05) is 38.1 Å². The largest absolute Gasteiger partial charge is 0.368 e. The molecule has 2 heteroatoms. The number of carbonyl (C=O) groups excluding carboxylic acids is 1. The Balaban J connectivity index is 2.05. The molecule has 0 saturated heterocycles. The number of ketones is 1. The van der Waals surface area contributed by atoms with Crippen molar-refractivity contribution in [2.75, 3.05) is 6.61 Å². The van der Waals surface area contributed by atoms with E-state index in [0.717, 1.165) is 19.3 Å². The first-order valence-electron chi connectivity index (χ1n) is 7.41. The molecule has 2 nitrogen and oxygen atoms in total. The molecule has 1 aliphatic rings. The van der Waals surface area contributed by atoms with Crippen LogP contribution in [0.1, 0.15) is 57.1 Å². The molecule has 1 aliphatic carbocycles. The van der Waals surface area contributed by atoms with Gasteiger partial charge in [0.15, 0.2) is 5.78 Å². The molecule has 0 saturated carbocycles. The normalized spacial score (nSPS) is 17.7. The average Bonchev–Trinajstić information content (AvgIpc) is 2.42. The summed E-state index contributed by atoms with van der Waals surface area (Å²) in [4.78, 5) is 12.6. The van der Waals surface area contributed by atoms with Crippen LogP contribution >= 0.6 is 0 Å². The Bertz CT molecular complexity index is 446. The number of hydrogen-bond donors (Lipinski definition) is 0. The highest BCUT2D eigenvalue weighted by molar-refractivity contribution is 5.88. The van der Waals surface area contributed by atoms with Crippen molar-refractivity contribution in [2.45, 2.75) is 58.0 Å². The fourth-order valence-corrected chi connectivity index (χ4v) is 3.16. The van der Waals surface area contributed by atoms with Gasteiger partial charge >= 0.3 is 0 Å². The van der Waals surface area contributed by atoms with Crippen molar-refractivity contribution >= 4 is 5.78 Å². The van der Waals surface area contributed by atoms with E-state index in [1.165, 1.54) is 11.1 Å². The average molecular weight is 260 g/mol. The predicted molar refractivity (Wildman–Crippen MR) is 77.5 cm³/mol. The fourth-order valence-electron chi connectivity index (χ4n) is 3.16.